The smallest absolute Gasteiger partial charge is 0.263 e. The van der Waals surface area contributed by atoms with Crippen molar-refractivity contribution in [3.63, 3.8) is 0 Å². The van der Waals surface area contributed by atoms with Gasteiger partial charge >= 0.3 is 0 Å². The maximum Gasteiger partial charge on any atom is 0.263 e. The summed E-state index contributed by atoms with van der Waals surface area (Å²) in [5, 5.41) is 0. The Kier molecular flexibility index (Phi) is 3.90. The van der Waals surface area contributed by atoms with Crippen molar-refractivity contribution in [3.05, 3.63) is 53.6 Å². The molecular weight excluding hydrogens is 250 g/mol. The second-order valence-corrected chi connectivity index (χ2v) is 3.97. The molecule has 2 aromatic rings. The minimum atomic E-state index is -2.49. The number of benzene rings is 2. The molecule has 0 aliphatic rings. The number of halogens is 2. The number of aldehydes is 1. The second kappa shape index (κ2) is 5.61. The lowest BCUT2D eigenvalue weighted by molar-refractivity contribution is 0.112. The van der Waals surface area contributed by atoms with E-state index >= 15 is 0 Å². The van der Waals surface area contributed by atoms with Gasteiger partial charge in [0.2, 0.25) is 0 Å². The quantitative estimate of drug-likeness (QED) is 0.775. The molecular formula is C15H12F2O2. The first kappa shape index (κ1) is 13.2. The molecule has 0 N–H and O–H groups in total. The van der Waals surface area contributed by atoms with Crippen molar-refractivity contribution >= 4 is 6.29 Å². The average Bonchev–Trinajstić information content (AvgIpc) is 2.46. The first-order valence-electron chi connectivity index (χ1n) is 5.68. The number of alkyl halides is 2. The largest absolute Gasteiger partial charge is 0.495 e. The van der Waals surface area contributed by atoms with E-state index in [1.165, 1.54) is 19.2 Å². The molecule has 0 saturated carbocycles. The molecule has 0 saturated heterocycles. The van der Waals surface area contributed by atoms with Crippen LogP contribution in [0.2, 0.25) is 0 Å². The summed E-state index contributed by atoms with van der Waals surface area (Å²) in [6.45, 7) is 0. The first-order chi connectivity index (χ1) is 9.17. The van der Waals surface area contributed by atoms with Gasteiger partial charge in [-0.1, -0.05) is 36.4 Å². The minimum Gasteiger partial charge on any atom is -0.495 e. The number of carbonyl (C=O) groups is 1. The van der Waals surface area contributed by atoms with Crippen molar-refractivity contribution in [1.82, 2.24) is 0 Å². The Balaban J connectivity index is 2.49. The van der Waals surface area contributed by atoms with E-state index in [9.17, 15) is 13.6 Å². The van der Waals surface area contributed by atoms with Crippen molar-refractivity contribution < 1.29 is 18.3 Å². The molecule has 2 nitrogen and oxygen atoms in total. The van der Waals surface area contributed by atoms with E-state index in [-0.39, 0.29) is 5.56 Å². The molecule has 0 aliphatic carbocycles. The molecule has 4 heteroatoms. The zero-order valence-electron chi connectivity index (χ0n) is 10.3. The molecule has 0 aromatic heterocycles. The Morgan fingerprint density at radius 3 is 2.32 bits per heavy atom. The number of hydrogen-bond donors (Lipinski definition) is 0. The van der Waals surface area contributed by atoms with Crippen molar-refractivity contribution in [2.75, 3.05) is 7.11 Å². The van der Waals surface area contributed by atoms with E-state index in [0.29, 0.717) is 23.2 Å². The van der Waals surface area contributed by atoms with E-state index in [1.54, 1.807) is 30.3 Å². The molecule has 0 spiro atoms. The van der Waals surface area contributed by atoms with Crippen molar-refractivity contribution in [2.24, 2.45) is 0 Å². The number of ether oxygens (including phenoxy) is 1. The van der Waals surface area contributed by atoms with Gasteiger partial charge in [0.05, 0.1) is 12.7 Å². The molecule has 0 atom stereocenters. The van der Waals surface area contributed by atoms with Crippen LogP contribution in [0.3, 0.4) is 0 Å². The number of carbonyl (C=O) groups excluding carboxylic acids is 1. The third-order valence-electron chi connectivity index (χ3n) is 2.85. The molecule has 0 bridgehead atoms. The first-order valence-corrected chi connectivity index (χ1v) is 5.68. The van der Waals surface area contributed by atoms with Crippen LogP contribution in [0.15, 0.2) is 42.5 Å². The molecule has 98 valence electrons. The van der Waals surface area contributed by atoms with E-state index in [1.807, 2.05) is 0 Å². The fourth-order valence-corrected chi connectivity index (χ4v) is 1.91. The lowest BCUT2D eigenvalue weighted by Gasteiger charge is -2.11. The third-order valence-corrected chi connectivity index (χ3v) is 2.85. The zero-order chi connectivity index (χ0) is 13.8. The topological polar surface area (TPSA) is 26.3 Å². The van der Waals surface area contributed by atoms with Gasteiger partial charge < -0.3 is 4.74 Å². The van der Waals surface area contributed by atoms with Crippen LogP contribution in [0, 0.1) is 0 Å². The van der Waals surface area contributed by atoms with Gasteiger partial charge in [-0.05, 0) is 11.6 Å². The van der Waals surface area contributed by atoms with Crippen LogP contribution in [-0.4, -0.2) is 13.4 Å². The predicted octanol–water partition coefficient (Wildman–Crippen LogP) is 4.11. The number of methoxy groups -OCH3 is 1. The van der Waals surface area contributed by atoms with Gasteiger partial charge in [-0.15, -0.1) is 0 Å². The van der Waals surface area contributed by atoms with Gasteiger partial charge in [-0.25, -0.2) is 8.78 Å². The highest BCUT2D eigenvalue weighted by molar-refractivity contribution is 5.86. The number of rotatable bonds is 4. The summed E-state index contributed by atoms with van der Waals surface area (Å²) in [5.41, 5.74) is 1.82. The lowest BCUT2D eigenvalue weighted by Crippen LogP contribution is -1.94. The summed E-state index contributed by atoms with van der Waals surface area (Å²) in [5.74, 6) is 0.447. The maximum absolute atomic E-state index is 12.5. The highest BCUT2D eigenvalue weighted by atomic mass is 19.3. The standard InChI is InChI=1S/C15H12F2O2/c1-19-14-12(9-18)3-2-4-13(14)10-5-7-11(8-6-10)15(16)17/h2-9,15H,1H3. The summed E-state index contributed by atoms with van der Waals surface area (Å²) < 4.78 is 30.2. The summed E-state index contributed by atoms with van der Waals surface area (Å²) in [7, 11) is 1.47. The number of hydrogen-bond acceptors (Lipinski definition) is 2. The van der Waals surface area contributed by atoms with Gasteiger partial charge in [0.15, 0.2) is 6.29 Å². The molecule has 19 heavy (non-hydrogen) atoms. The predicted molar refractivity (Wildman–Crippen MR) is 68.8 cm³/mol. The van der Waals surface area contributed by atoms with Crippen LogP contribution in [-0.2, 0) is 0 Å². The summed E-state index contributed by atoms with van der Waals surface area (Å²) >= 11 is 0. The fraction of sp³-hybridized carbons (Fsp3) is 0.133. The van der Waals surface area contributed by atoms with E-state index in [2.05, 4.69) is 0 Å². The number of para-hydroxylation sites is 1. The van der Waals surface area contributed by atoms with Crippen molar-refractivity contribution in [1.29, 1.82) is 0 Å². The lowest BCUT2D eigenvalue weighted by atomic mass is 10.0. The molecule has 0 heterocycles. The Labute approximate surface area is 109 Å². The van der Waals surface area contributed by atoms with Crippen LogP contribution < -0.4 is 4.74 Å². The molecule has 0 unspecified atom stereocenters. The average molecular weight is 262 g/mol. The minimum absolute atomic E-state index is 0.0331. The van der Waals surface area contributed by atoms with Crippen LogP contribution in [0.1, 0.15) is 22.3 Å². The van der Waals surface area contributed by atoms with Gasteiger partial charge in [-0.3, -0.25) is 4.79 Å². The maximum atomic E-state index is 12.5. The molecule has 2 aromatic carbocycles. The van der Waals surface area contributed by atoms with Crippen LogP contribution in [0.5, 0.6) is 5.75 Å². The molecule has 2 rings (SSSR count). The normalized spacial score (nSPS) is 10.5. The fourth-order valence-electron chi connectivity index (χ4n) is 1.91. The van der Waals surface area contributed by atoms with Gasteiger partial charge in [0.1, 0.15) is 5.75 Å². The molecule has 0 radical (unpaired) electrons. The Hall–Kier alpha value is -2.23. The van der Waals surface area contributed by atoms with Crippen LogP contribution in [0.25, 0.3) is 11.1 Å². The van der Waals surface area contributed by atoms with Crippen molar-refractivity contribution in [3.8, 4) is 16.9 Å². The van der Waals surface area contributed by atoms with Gasteiger partial charge in [-0.2, -0.15) is 0 Å². The summed E-state index contributed by atoms with van der Waals surface area (Å²) in [4.78, 5) is 10.9. The highest BCUT2D eigenvalue weighted by Crippen LogP contribution is 2.33. The van der Waals surface area contributed by atoms with Crippen LogP contribution >= 0.6 is 0 Å². The van der Waals surface area contributed by atoms with Crippen molar-refractivity contribution in [2.45, 2.75) is 6.43 Å². The van der Waals surface area contributed by atoms with Gasteiger partial charge in [0, 0.05) is 11.1 Å². The van der Waals surface area contributed by atoms with E-state index in [0.717, 1.165) is 5.56 Å². The Bertz CT molecular complexity index is 577. The third kappa shape index (κ3) is 2.62. The SMILES string of the molecule is COc1c(C=O)cccc1-c1ccc(C(F)F)cc1. The highest BCUT2D eigenvalue weighted by Gasteiger charge is 2.11. The van der Waals surface area contributed by atoms with Crippen LogP contribution in [0.4, 0.5) is 8.78 Å². The van der Waals surface area contributed by atoms with E-state index in [4.69, 9.17) is 4.74 Å². The summed E-state index contributed by atoms with van der Waals surface area (Å²) in [6.07, 6.45) is -1.78. The Morgan fingerprint density at radius 2 is 1.79 bits per heavy atom. The summed E-state index contributed by atoms with van der Waals surface area (Å²) in [6, 6.07) is 11.1. The van der Waals surface area contributed by atoms with E-state index < -0.39 is 6.43 Å². The van der Waals surface area contributed by atoms with Gasteiger partial charge in [0.25, 0.3) is 6.43 Å². The second-order valence-electron chi connectivity index (χ2n) is 3.97. The zero-order valence-corrected chi connectivity index (χ0v) is 10.3. The Morgan fingerprint density at radius 1 is 1.11 bits per heavy atom. The molecule has 0 amide bonds. The molecule has 0 fully saturated rings. The monoisotopic (exact) mass is 262 g/mol. The molecule has 0 aliphatic heterocycles.